The first-order chi connectivity index (χ1) is 8.50. The molecule has 0 aliphatic rings. The van der Waals surface area contributed by atoms with E-state index >= 15 is 0 Å². The minimum Gasteiger partial charge on any atom is -0.481 e. The van der Waals surface area contributed by atoms with Crippen molar-refractivity contribution >= 4 is 17.9 Å². The van der Waals surface area contributed by atoms with Crippen molar-refractivity contribution in [2.45, 2.75) is 47.5 Å². The molecule has 0 aliphatic heterocycles. The number of carbonyl (C=O) groups is 3. The number of carboxylic acids is 1. The molecule has 0 radical (unpaired) electrons. The number of amides is 3. The molecule has 6 heteroatoms. The summed E-state index contributed by atoms with van der Waals surface area (Å²) in [4.78, 5) is 33.9. The number of carbonyl (C=O) groups excluding carboxylic acids is 2. The number of imide groups is 1. The summed E-state index contributed by atoms with van der Waals surface area (Å²) in [5, 5.41) is 13.6. The lowest BCUT2D eigenvalue weighted by atomic mass is 9.89. The normalized spacial score (nSPS) is 11.8. The first-order valence-corrected chi connectivity index (χ1v) is 6.31. The number of rotatable bonds is 6. The zero-order valence-electron chi connectivity index (χ0n) is 12.3. The van der Waals surface area contributed by atoms with E-state index in [1.807, 2.05) is 20.8 Å². The van der Waals surface area contributed by atoms with Gasteiger partial charge in [-0.3, -0.25) is 14.9 Å². The van der Waals surface area contributed by atoms with Gasteiger partial charge in [0.1, 0.15) is 0 Å². The van der Waals surface area contributed by atoms with Crippen LogP contribution in [0.4, 0.5) is 4.79 Å². The van der Waals surface area contributed by atoms with E-state index in [2.05, 4.69) is 10.6 Å². The van der Waals surface area contributed by atoms with E-state index in [0.717, 1.165) is 6.42 Å². The average molecular weight is 272 g/mol. The van der Waals surface area contributed by atoms with Crippen LogP contribution in [0.1, 0.15) is 47.5 Å². The number of urea groups is 1. The highest BCUT2D eigenvalue weighted by molar-refractivity contribution is 5.96. The maximum atomic E-state index is 11.5. The van der Waals surface area contributed by atoms with Crippen LogP contribution in [0.3, 0.4) is 0 Å². The highest BCUT2D eigenvalue weighted by Gasteiger charge is 2.30. The third kappa shape index (κ3) is 6.79. The van der Waals surface area contributed by atoms with Crippen LogP contribution in [-0.4, -0.2) is 29.6 Å². The topological polar surface area (TPSA) is 95.5 Å². The molecule has 0 atom stereocenters. The summed E-state index contributed by atoms with van der Waals surface area (Å²) in [6.07, 6.45) is 0.653. The fraction of sp³-hybridized carbons (Fsp3) is 0.769. The van der Waals surface area contributed by atoms with Gasteiger partial charge in [0.25, 0.3) is 0 Å². The quantitative estimate of drug-likeness (QED) is 0.686. The Morgan fingerprint density at radius 1 is 1.11 bits per heavy atom. The molecule has 0 saturated heterocycles. The summed E-state index contributed by atoms with van der Waals surface area (Å²) < 4.78 is 0. The van der Waals surface area contributed by atoms with Gasteiger partial charge in [-0.1, -0.05) is 20.8 Å². The van der Waals surface area contributed by atoms with Crippen LogP contribution < -0.4 is 10.6 Å². The molecular weight excluding hydrogens is 248 g/mol. The maximum Gasteiger partial charge on any atom is 0.321 e. The molecule has 0 saturated carbocycles. The number of hydrogen-bond donors (Lipinski definition) is 3. The smallest absolute Gasteiger partial charge is 0.321 e. The average Bonchev–Trinajstić information content (AvgIpc) is 2.25. The van der Waals surface area contributed by atoms with Crippen LogP contribution in [0.25, 0.3) is 0 Å². The largest absolute Gasteiger partial charge is 0.481 e. The zero-order chi connectivity index (χ0) is 15.3. The van der Waals surface area contributed by atoms with Crippen LogP contribution >= 0.6 is 0 Å². The molecule has 3 N–H and O–H groups in total. The van der Waals surface area contributed by atoms with Crippen molar-refractivity contribution in [3.8, 4) is 0 Å². The van der Waals surface area contributed by atoms with Gasteiger partial charge >= 0.3 is 12.0 Å². The van der Waals surface area contributed by atoms with Crippen molar-refractivity contribution in [3.05, 3.63) is 0 Å². The lowest BCUT2D eigenvalue weighted by Gasteiger charge is -2.23. The fourth-order valence-corrected chi connectivity index (χ4v) is 1.14. The van der Waals surface area contributed by atoms with Gasteiger partial charge in [-0.05, 0) is 25.7 Å². The number of aliphatic carboxylic acids is 1. The predicted octanol–water partition coefficient (Wildman–Crippen LogP) is 1.75. The highest BCUT2D eigenvalue weighted by atomic mass is 16.4. The predicted molar refractivity (Wildman–Crippen MR) is 71.6 cm³/mol. The van der Waals surface area contributed by atoms with E-state index in [-0.39, 0.29) is 11.8 Å². The Labute approximate surface area is 113 Å². The van der Waals surface area contributed by atoms with Crippen molar-refractivity contribution in [3.63, 3.8) is 0 Å². The molecule has 0 aromatic carbocycles. The van der Waals surface area contributed by atoms with Gasteiger partial charge in [0.05, 0.1) is 5.41 Å². The Morgan fingerprint density at radius 3 is 2.05 bits per heavy atom. The van der Waals surface area contributed by atoms with Crippen LogP contribution in [0.2, 0.25) is 0 Å². The second-order valence-corrected chi connectivity index (χ2v) is 6.11. The van der Waals surface area contributed by atoms with Gasteiger partial charge in [0, 0.05) is 13.0 Å². The molecule has 6 nitrogen and oxygen atoms in total. The lowest BCUT2D eigenvalue weighted by Crippen LogP contribution is -2.44. The SMILES string of the molecule is CCC(C)(C)CNC(=O)NC(=O)CC(C)(C)C(=O)O. The molecule has 110 valence electrons. The van der Waals surface area contributed by atoms with E-state index in [1.54, 1.807) is 0 Å². The molecule has 0 aromatic heterocycles. The molecular formula is C13H24N2O4. The van der Waals surface area contributed by atoms with Gasteiger partial charge < -0.3 is 10.4 Å². The summed E-state index contributed by atoms with van der Waals surface area (Å²) in [7, 11) is 0. The molecule has 0 aromatic rings. The van der Waals surface area contributed by atoms with Crippen molar-refractivity contribution in [2.75, 3.05) is 6.54 Å². The van der Waals surface area contributed by atoms with Crippen molar-refractivity contribution in [1.29, 1.82) is 0 Å². The Bertz CT molecular complexity index is 362. The van der Waals surface area contributed by atoms with Gasteiger partial charge in [-0.2, -0.15) is 0 Å². The first-order valence-electron chi connectivity index (χ1n) is 6.31. The summed E-state index contributed by atoms with van der Waals surface area (Å²) in [5.41, 5.74) is -1.23. The first kappa shape index (κ1) is 17.4. The fourth-order valence-electron chi connectivity index (χ4n) is 1.14. The molecule has 0 rings (SSSR count). The third-order valence-corrected chi connectivity index (χ3v) is 3.12. The summed E-state index contributed by atoms with van der Waals surface area (Å²) >= 11 is 0. The van der Waals surface area contributed by atoms with E-state index in [1.165, 1.54) is 13.8 Å². The zero-order valence-corrected chi connectivity index (χ0v) is 12.3. The van der Waals surface area contributed by atoms with E-state index in [0.29, 0.717) is 6.54 Å². The highest BCUT2D eigenvalue weighted by Crippen LogP contribution is 2.20. The standard InChI is InChI=1S/C13H24N2O4/c1-6-12(2,3)8-14-11(19)15-9(16)7-13(4,5)10(17)18/h6-8H2,1-5H3,(H,17,18)(H2,14,15,16,19). The number of hydrogen-bond acceptors (Lipinski definition) is 3. The van der Waals surface area contributed by atoms with E-state index < -0.39 is 23.3 Å². The minimum atomic E-state index is -1.19. The van der Waals surface area contributed by atoms with Crippen LogP contribution in [-0.2, 0) is 9.59 Å². The van der Waals surface area contributed by atoms with Gasteiger partial charge in [-0.25, -0.2) is 4.79 Å². The molecule has 0 aliphatic carbocycles. The van der Waals surface area contributed by atoms with Gasteiger partial charge in [0.2, 0.25) is 5.91 Å². The second kappa shape index (κ2) is 6.54. The molecule has 0 bridgehead atoms. The van der Waals surface area contributed by atoms with E-state index in [9.17, 15) is 14.4 Å². The van der Waals surface area contributed by atoms with Gasteiger partial charge in [-0.15, -0.1) is 0 Å². The molecule has 0 fully saturated rings. The second-order valence-electron chi connectivity index (χ2n) is 6.11. The van der Waals surface area contributed by atoms with E-state index in [4.69, 9.17) is 5.11 Å². The van der Waals surface area contributed by atoms with Crippen molar-refractivity contribution in [2.24, 2.45) is 10.8 Å². The minimum absolute atomic E-state index is 0.0409. The van der Waals surface area contributed by atoms with Crippen molar-refractivity contribution in [1.82, 2.24) is 10.6 Å². The van der Waals surface area contributed by atoms with Crippen LogP contribution in [0.15, 0.2) is 0 Å². The monoisotopic (exact) mass is 272 g/mol. The lowest BCUT2D eigenvalue weighted by molar-refractivity contribution is -0.149. The van der Waals surface area contributed by atoms with Gasteiger partial charge in [0.15, 0.2) is 0 Å². The Hall–Kier alpha value is -1.59. The Kier molecular flexibility index (Phi) is 5.99. The Balaban J connectivity index is 4.22. The third-order valence-electron chi connectivity index (χ3n) is 3.12. The van der Waals surface area contributed by atoms with Crippen LogP contribution in [0.5, 0.6) is 0 Å². The number of carboxylic acid groups (broad SMARTS) is 1. The molecule has 0 heterocycles. The molecule has 3 amide bonds. The molecule has 19 heavy (non-hydrogen) atoms. The summed E-state index contributed by atoms with van der Waals surface area (Å²) in [6, 6.07) is -0.590. The Morgan fingerprint density at radius 2 is 1.63 bits per heavy atom. The molecule has 0 spiro atoms. The number of nitrogens with one attached hydrogen (secondary N) is 2. The summed E-state index contributed by atoms with van der Waals surface area (Å²) in [6.45, 7) is 9.34. The maximum absolute atomic E-state index is 11.5. The van der Waals surface area contributed by atoms with Crippen molar-refractivity contribution < 1.29 is 19.5 Å². The molecule has 0 unspecified atom stereocenters. The summed E-state index contributed by atoms with van der Waals surface area (Å²) in [5.74, 6) is -1.67. The van der Waals surface area contributed by atoms with Crippen LogP contribution in [0, 0.1) is 10.8 Å².